The Morgan fingerprint density at radius 2 is 2.04 bits per heavy atom. The lowest BCUT2D eigenvalue weighted by molar-refractivity contribution is -0.138. The number of carbonyl (C=O) groups excluding carboxylic acids is 2. The summed E-state index contributed by atoms with van der Waals surface area (Å²) in [4.78, 5) is 27.1. The Hall–Kier alpha value is -2.08. The van der Waals surface area contributed by atoms with E-state index in [1.54, 1.807) is 22.6 Å². The molecule has 1 aromatic carbocycles. The van der Waals surface area contributed by atoms with Gasteiger partial charge < -0.3 is 0 Å². The van der Waals surface area contributed by atoms with Crippen LogP contribution in [0.1, 0.15) is 12.0 Å². The first-order chi connectivity index (χ1) is 11.1. The van der Waals surface area contributed by atoms with E-state index in [-0.39, 0.29) is 17.7 Å². The van der Waals surface area contributed by atoms with E-state index in [0.717, 1.165) is 16.2 Å². The molecule has 1 unspecified atom stereocenters. The van der Waals surface area contributed by atoms with Gasteiger partial charge in [-0.25, -0.2) is 0 Å². The average molecular weight is 329 g/mol. The van der Waals surface area contributed by atoms with Crippen molar-refractivity contribution in [2.45, 2.75) is 17.7 Å². The number of nitrogens with zero attached hydrogens (tertiary/aromatic N) is 3. The highest BCUT2D eigenvalue weighted by Gasteiger charge is 2.38. The van der Waals surface area contributed by atoms with Gasteiger partial charge in [0.15, 0.2) is 0 Å². The van der Waals surface area contributed by atoms with Crippen molar-refractivity contribution in [3.05, 3.63) is 48.3 Å². The van der Waals surface area contributed by atoms with E-state index in [2.05, 4.69) is 5.10 Å². The summed E-state index contributed by atoms with van der Waals surface area (Å²) in [5.41, 5.74) is 0.999. The molecule has 1 atom stereocenters. The number of thioether (sulfide) groups is 1. The molecule has 5 nitrogen and oxygen atoms in total. The molecule has 2 heterocycles. The molecule has 0 spiro atoms. The standard InChI is InChI=1S/C17H19N3O2S/c1-19-12-13(11-18-19)9-14-10-16(21)20(17(14)22)7-8-23-15-5-3-2-4-6-15/h2-6,11-12,14H,7-10H2,1H3. The zero-order valence-corrected chi connectivity index (χ0v) is 13.8. The van der Waals surface area contributed by atoms with Gasteiger partial charge in [0.05, 0.1) is 12.1 Å². The molecule has 1 aliphatic heterocycles. The number of rotatable bonds is 6. The van der Waals surface area contributed by atoms with Crippen LogP contribution >= 0.6 is 11.8 Å². The molecule has 0 saturated carbocycles. The highest BCUT2D eigenvalue weighted by atomic mass is 32.2. The van der Waals surface area contributed by atoms with Crippen molar-refractivity contribution in [1.29, 1.82) is 0 Å². The quantitative estimate of drug-likeness (QED) is 0.602. The van der Waals surface area contributed by atoms with Crippen LogP contribution in [0.2, 0.25) is 0 Å². The summed E-state index contributed by atoms with van der Waals surface area (Å²) in [5, 5.41) is 4.11. The van der Waals surface area contributed by atoms with Gasteiger partial charge in [0.2, 0.25) is 11.8 Å². The van der Waals surface area contributed by atoms with Crippen molar-refractivity contribution >= 4 is 23.6 Å². The molecule has 0 radical (unpaired) electrons. The van der Waals surface area contributed by atoms with Crippen LogP contribution in [0.4, 0.5) is 0 Å². The number of hydrogen-bond donors (Lipinski definition) is 0. The number of carbonyl (C=O) groups is 2. The molecule has 23 heavy (non-hydrogen) atoms. The number of aryl methyl sites for hydroxylation is 1. The average Bonchev–Trinajstić information content (AvgIpc) is 3.06. The first-order valence-electron chi connectivity index (χ1n) is 7.63. The minimum Gasteiger partial charge on any atom is -0.282 e. The zero-order chi connectivity index (χ0) is 16.2. The monoisotopic (exact) mass is 329 g/mol. The summed E-state index contributed by atoms with van der Waals surface area (Å²) < 4.78 is 1.71. The van der Waals surface area contributed by atoms with Gasteiger partial charge in [-0.15, -0.1) is 11.8 Å². The Bertz CT molecular complexity index is 699. The molecule has 0 bridgehead atoms. The summed E-state index contributed by atoms with van der Waals surface area (Å²) in [6.07, 6.45) is 4.54. The molecule has 0 aliphatic carbocycles. The summed E-state index contributed by atoms with van der Waals surface area (Å²) in [6.45, 7) is 0.473. The van der Waals surface area contributed by atoms with Crippen molar-refractivity contribution in [2.75, 3.05) is 12.3 Å². The minimum atomic E-state index is -0.242. The van der Waals surface area contributed by atoms with Gasteiger partial charge in [0.1, 0.15) is 0 Å². The van der Waals surface area contributed by atoms with Gasteiger partial charge in [0, 0.05) is 36.9 Å². The van der Waals surface area contributed by atoms with Crippen LogP contribution in [-0.4, -0.2) is 38.8 Å². The maximum absolute atomic E-state index is 12.4. The van der Waals surface area contributed by atoms with Crippen LogP contribution in [0, 0.1) is 5.92 Å². The highest BCUT2D eigenvalue weighted by Crippen LogP contribution is 2.25. The number of hydrogen-bond acceptors (Lipinski definition) is 4. The van der Waals surface area contributed by atoms with Gasteiger partial charge >= 0.3 is 0 Å². The van der Waals surface area contributed by atoms with Crippen LogP contribution in [0.5, 0.6) is 0 Å². The first-order valence-corrected chi connectivity index (χ1v) is 8.61. The van der Waals surface area contributed by atoms with Crippen molar-refractivity contribution < 1.29 is 9.59 Å². The smallest absolute Gasteiger partial charge is 0.233 e. The van der Waals surface area contributed by atoms with Gasteiger partial charge in [-0.3, -0.25) is 19.2 Å². The van der Waals surface area contributed by atoms with Crippen LogP contribution in [0.15, 0.2) is 47.6 Å². The van der Waals surface area contributed by atoms with E-state index in [1.165, 1.54) is 4.90 Å². The lowest BCUT2D eigenvalue weighted by atomic mass is 10.0. The molecule has 1 saturated heterocycles. The van der Waals surface area contributed by atoms with E-state index >= 15 is 0 Å². The Morgan fingerprint density at radius 1 is 1.26 bits per heavy atom. The third-order valence-electron chi connectivity index (χ3n) is 3.90. The molecule has 2 aromatic rings. The molecular weight excluding hydrogens is 310 g/mol. The molecular formula is C17H19N3O2S. The number of amides is 2. The predicted molar refractivity (Wildman–Crippen MR) is 88.9 cm³/mol. The number of aromatic nitrogens is 2. The van der Waals surface area contributed by atoms with Gasteiger partial charge in [-0.1, -0.05) is 18.2 Å². The minimum absolute atomic E-state index is 0.0486. The highest BCUT2D eigenvalue weighted by molar-refractivity contribution is 7.99. The normalized spacial score (nSPS) is 18.0. The summed E-state index contributed by atoms with van der Waals surface area (Å²) in [6, 6.07) is 10.0. The van der Waals surface area contributed by atoms with E-state index in [9.17, 15) is 9.59 Å². The van der Waals surface area contributed by atoms with Gasteiger partial charge in [0.25, 0.3) is 0 Å². The fourth-order valence-corrected chi connectivity index (χ4v) is 3.64. The molecule has 0 N–H and O–H groups in total. The third-order valence-corrected chi connectivity index (χ3v) is 4.90. The summed E-state index contributed by atoms with van der Waals surface area (Å²) in [7, 11) is 1.85. The SMILES string of the molecule is Cn1cc(CC2CC(=O)N(CCSc3ccccc3)C2=O)cn1. The second kappa shape index (κ2) is 7.00. The predicted octanol–water partition coefficient (Wildman–Crippen LogP) is 2.13. The number of imide groups is 1. The summed E-state index contributed by atoms with van der Waals surface area (Å²) >= 11 is 1.66. The van der Waals surface area contributed by atoms with Crippen LogP contribution in [-0.2, 0) is 23.1 Å². The lowest BCUT2D eigenvalue weighted by Crippen LogP contribution is -2.33. The van der Waals surface area contributed by atoms with Crippen LogP contribution in [0.25, 0.3) is 0 Å². The van der Waals surface area contributed by atoms with E-state index in [4.69, 9.17) is 0 Å². The Labute approximate surface area is 139 Å². The largest absolute Gasteiger partial charge is 0.282 e. The number of likely N-dealkylation sites (tertiary alicyclic amines) is 1. The van der Waals surface area contributed by atoms with E-state index in [1.807, 2.05) is 43.6 Å². The zero-order valence-electron chi connectivity index (χ0n) is 13.0. The molecule has 1 aromatic heterocycles. The van der Waals surface area contributed by atoms with Crippen molar-refractivity contribution in [3.63, 3.8) is 0 Å². The topological polar surface area (TPSA) is 55.2 Å². The first kappa shape index (κ1) is 15.8. The third kappa shape index (κ3) is 3.82. The van der Waals surface area contributed by atoms with E-state index in [0.29, 0.717) is 19.4 Å². The molecule has 1 aliphatic rings. The van der Waals surface area contributed by atoms with Crippen LogP contribution in [0.3, 0.4) is 0 Å². The molecule has 2 amide bonds. The number of benzene rings is 1. The Kier molecular flexibility index (Phi) is 4.81. The second-order valence-electron chi connectivity index (χ2n) is 5.67. The molecule has 6 heteroatoms. The summed E-state index contributed by atoms with van der Waals surface area (Å²) in [5.74, 6) is 0.375. The second-order valence-corrected chi connectivity index (χ2v) is 6.84. The molecule has 120 valence electrons. The van der Waals surface area contributed by atoms with Crippen molar-refractivity contribution in [1.82, 2.24) is 14.7 Å². The Morgan fingerprint density at radius 3 is 2.74 bits per heavy atom. The molecule has 3 rings (SSSR count). The maximum atomic E-state index is 12.4. The Balaban J connectivity index is 1.54. The van der Waals surface area contributed by atoms with E-state index < -0.39 is 0 Å². The lowest BCUT2D eigenvalue weighted by Gasteiger charge is -2.14. The van der Waals surface area contributed by atoms with Gasteiger partial charge in [-0.05, 0) is 24.1 Å². The maximum Gasteiger partial charge on any atom is 0.233 e. The molecule has 1 fully saturated rings. The van der Waals surface area contributed by atoms with Crippen molar-refractivity contribution in [2.24, 2.45) is 13.0 Å². The fourth-order valence-electron chi connectivity index (χ4n) is 2.78. The van der Waals surface area contributed by atoms with Crippen molar-refractivity contribution in [3.8, 4) is 0 Å². The van der Waals surface area contributed by atoms with Gasteiger partial charge in [-0.2, -0.15) is 5.10 Å². The van der Waals surface area contributed by atoms with Crippen LogP contribution < -0.4 is 0 Å². The fraction of sp³-hybridized carbons (Fsp3) is 0.353.